The van der Waals surface area contributed by atoms with Gasteiger partial charge in [-0.3, -0.25) is 0 Å². The van der Waals surface area contributed by atoms with Crippen molar-refractivity contribution in [2.24, 2.45) is 0 Å². The van der Waals surface area contributed by atoms with E-state index in [1.165, 1.54) is 8.13 Å². The Bertz CT molecular complexity index is 650. The van der Waals surface area contributed by atoms with Gasteiger partial charge in [-0.1, -0.05) is 153 Å². The maximum absolute atomic E-state index is 7.84. The minimum absolute atomic E-state index is 0.521. The van der Waals surface area contributed by atoms with Crippen LogP contribution in [0.1, 0.15) is 27.7 Å². The predicted molar refractivity (Wildman–Crippen MR) is 189 cm³/mol. The highest BCUT2D eigenvalue weighted by molar-refractivity contribution is 7.79. The van der Waals surface area contributed by atoms with Crippen molar-refractivity contribution in [3.63, 3.8) is 0 Å². The summed E-state index contributed by atoms with van der Waals surface area (Å²) in [6.07, 6.45) is 0. The van der Waals surface area contributed by atoms with Crippen LogP contribution in [0.4, 0.5) is 0 Å². The van der Waals surface area contributed by atoms with E-state index in [0.717, 1.165) is 11.1 Å². The Balaban J connectivity index is 7.69. The average Bonchev–Trinajstić information content (AvgIpc) is 2.43. The summed E-state index contributed by atoms with van der Waals surface area (Å²) in [6.45, 7) is 45.9. The second-order valence-corrected chi connectivity index (χ2v) is 80.1. The molecule has 0 bridgehead atoms. The molecule has 0 aliphatic carbocycles. The van der Waals surface area contributed by atoms with Crippen LogP contribution in [-0.4, -0.2) is 69.4 Å². The lowest BCUT2D eigenvalue weighted by atomic mass is 10.6. The Hall–Kier alpha value is 2.24. The smallest absolute Gasteiger partial charge is 0.150 e. The van der Waals surface area contributed by atoms with E-state index < -0.39 is 61.3 Å². The third-order valence-corrected chi connectivity index (χ3v) is 98.4. The first kappa shape index (κ1) is 36.2. The molecule has 0 saturated carbocycles. The van der Waals surface area contributed by atoms with Crippen LogP contribution in [-0.2, 0) is 0 Å². The molecule has 10 heteroatoms. The van der Waals surface area contributed by atoms with Crippen molar-refractivity contribution in [3.8, 4) is 0 Å². The standard InChI is InChI=1S/C24H64ClSi9/c1-23(2)33(19-28(5,6)7,20-29(8,9)10)26-27(32(17,18)25)34(24(3)4,21-30(11,12)13)22-31(14,15)16/h23-24H,19-22H2,1-18H3. The SMILES string of the molecule is CC(C)[Si](C[Si](C)(C)C)(C[Si](C)(C)C)[Si]=[Si]([Si](C)(C)Cl)[Si](C[Si](C)(C)C)(C[Si](C)(C)C)C(C)C. The van der Waals surface area contributed by atoms with Gasteiger partial charge in [0, 0.05) is 32.3 Å². The summed E-state index contributed by atoms with van der Waals surface area (Å²) < 4.78 is 0. The van der Waals surface area contributed by atoms with E-state index in [0.29, 0.717) is 0 Å². The van der Waals surface area contributed by atoms with Crippen LogP contribution < -0.4 is 0 Å². The highest BCUT2D eigenvalue weighted by atomic mass is 35.6. The van der Waals surface area contributed by atoms with Crippen LogP contribution in [0.15, 0.2) is 0 Å². The lowest BCUT2D eigenvalue weighted by Crippen LogP contribution is -2.68. The van der Waals surface area contributed by atoms with E-state index in [1.807, 2.05) is 0 Å². The van der Waals surface area contributed by atoms with E-state index in [4.69, 9.17) is 11.1 Å². The third-order valence-electron chi connectivity index (χ3n) is 7.06. The summed E-state index contributed by atoms with van der Waals surface area (Å²) in [4.78, 5) is 0. The van der Waals surface area contributed by atoms with Gasteiger partial charge in [-0.05, 0) is 15.1 Å². The van der Waals surface area contributed by atoms with Crippen LogP contribution in [0.25, 0.3) is 0 Å². The van der Waals surface area contributed by atoms with Crippen molar-refractivity contribution in [2.45, 2.75) is 153 Å². The quantitative estimate of drug-likeness (QED) is 0.139. The number of rotatable bonds is 13. The summed E-state index contributed by atoms with van der Waals surface area (Å²) in [6, 6.07) is 0. The first-order valence-corrected chi connectivity index (χ1v) is 44.2. The van der Waals surface area contributed by atoms with E-state index in [1.54, 1.807) is 22.7 Å². The highest BCUT2D eigenvalue weighted by Gasteiger charge is 2.53. The van der Waals surface area contributed by atoms with E-state index >= 15 is 0 Å². The summed E-state index contributed by atoms with van der Waals surface area (Å²) in [7, 11) is -6.23. The van der Waals surface area contributed by atoms with E-state index in [2.05, 4.69) is 119 Å². The molecule has 34 heavy (non-hydrogen) atoms. The molecule has 0 aromatic rings. The van der Waals surface area contributed by atoms with Crippen LogP contribution in [0.3, 0.4) is 0 Å². The molecule has 0 aromatic heterocycles. The number of halogens is 1. The first-order chi connectivity index (χ1) is 14.6. The molecule has 0 atom stereocenters. The fourth-order valence-electron chi connectivity index (χ4n) is 6.54. The van der Waals surface area contributed by atoms with Gasteiger partial charge in [0.2, 0.25) is 0 Å². The summed E-state index contributed by atoms with van der Waals surface area (Å²) in [5.74, 6) is 0. The number of hydrogen-bond acceptors (Lipinski definition) is 0. The normalized spacial score (nSPS) is 16.1. The zero-order chi connectivity index (χ0) is 27.8. The topological polar surface area (TPSA) is 0 Å². The van der Waals surface area contributed by atoms with Crippen molar-refractivity contribution >= 4 is 80.5 Å². The largest absolute Gasteiger partial charge is 0.168 e. The van der Waals surface area contributed by atoms with Gasteiger partial charge < -0.3 is 0 Å². The van der Waals surface area contributed by atoms with Crippen LogP contribution in [0.5, 0.6) is 0 Å². The molecule has 0 rings (SSSR count). The van der Waals surface area contributed by atoms with Gasteiger partial charge in [-0.25, -0.2) is 0 Å². The summed E-state index contributed by atoms with van der Waals surface area (Å²) in [5.41, 5.74) is 8.49. The Kier molecular flexibility index (Phi) is 13.0. The van der Waals surface area contributed by atoms with Crippen LogP contribution >= 0.6 is 11.1 Å². The summed E-state index contributed by atoms with van der Waals surface area (Å²) in [5, 5.41) is 0. The fourth-order valence-corrected chi connectivity index (χ4v) is 164. The van der Waals surface area contributed by atoms with E-state index in [9.17, 15) is 0 Å². The Morgan fingerprint density at radius 2 is 0.824 bits per heavy atom. The second-order valence-electron chi connectivity index (χ2n) is 17.5. The molecule has 0 heterocycles. The molecule has 0 aliphatic heterocycles. The Morgan fingerprint density at radius 3 is 1.00 bits per heavy atom. The van der Waals surface area contributed by atoms with Crippen LogP contribution in [0.2, 0.25) is 125 Å². The van der Waals surface area contributed by atoms with Crippen molar-refractivity contribution in [2.75, 3.05) is 0 Å². The predicted octanol–water partition coefficient (Wildman–Crippen LogP) is 10.0. The van der Waals surface area contributed by atoms with Gasteiger partial charge in [0.1, 0.15) is 6.90 Å². The molecular formula is C24H64ClSi9. The molecular weight excluding hydrogens is 576 g/mol. The summed E-state index contributed by atoms with van der Waals surface area (Å²) >= 11 is 7.84. The molecule has 0 N–H and O–H groups in total. The molecule has 1 radical (unpaired) electrons. The molecule has 0 saturated heterocycles. The molecule has 0 spiro atoms. The molecule has 0 nitrogen and oxygen atoms in total. The van der Waals surface area contributed by atoms with Gasteiger partial charge in [-0.2, -0.15) is 11.1 Å². The van der Waals surface area contributed by atoms with Crippen molar-refractivity contribution in [3.05, 3.63) is 0 Å². The molecule has 203 valence electrons. The maximum Gasteiger partial charge on any atom is 0.150 e. The lowest BCUT2D eigenvalue weighted by molar-refractivity contribution is 1.02. The Morgan fingerprint density at radius 1 is 0.529 bits per heavy atom. The van der Waals surface area contributed by atoms with Crippen molar-refractivity contribution in [1.82, 2.24) is 0 Å². The zero-order valence-corrected chi connectivity index (χ0v) is 36.6. The van der Waals surface area contributed by atoms with Crippen molar-refractivity contribution < 1.29 is 0 Å². The molecule has 0 unspecified atom stereocenters. The highest BCUT2D eigenvalue weighted by Crippen LogP contribution is 2.42. The molecule has 0 aliphatic rings. The zero-order valence-electron chi connectivity index (χ0n) is 26.9. The van der Waals surface area contributed by atoms with Crippen molar-refractivity contribution in [1.29, 1.82) is 0 Å². The second kappa shape index (κ2) is 12.2. The Labute approximate surface area is 232 Å². The minimum atomic E-state index is -1.73. The average molecular weight is 641 g/mol. The van der Waals surface area contributed by atoms with Crippen LogP contribution in [0, 0.1) is 0 Å². The third kappa shape index (κ3) is 12.4. The first-order valence-electron chi connectivity index (χ1n) is 13.9. The maximum atomic E-state index is 7.84. The fraction of sp³-hybridized carbons (Fsp3) is 1.00. The lowest BCUT2D eigenvalue weighted by Gasteiger charge is -2.50. The van der Waals surface area contributed by atoms with Gasteiger partial charge in [0.05, 0.1) is 15.2 Å². The van der Waals surface area contributed by atoms with E-state index in [-0.39, 0.29) is 0 Å². The number of hydrogen-bond donors (Lipinski definition) is 0. The molecule has 0 amide bonds. The minimum Gasteiger partial charge on any atom is -0.168 e. The monoisotopic (exact) mass is 639 g/mol. The molecule has 0 aromatic carbocycles. The van der Waals surface area contributed by atoms with Gasteiger partial charge in [0.25, 0.3) is 0 Å². The van der Waals surface area contributed by atoms with Gasteiger partial charge in [0.15, 0.2) is 0 Å². The van der Waals surface area contributed by atoms with Gasteiger partial charge >= 0.3 is 0 Å². The molecule has 0 fully saturated rings. The van der Waals surface area contributed by atoms with Gasteiger partial charge in [-0.15, -0.1) is 0 Å².